The molecule has 1 atom stereocenters. The van der Waals surface area contributed by atoms with Crippen molar-refractivity contribution in [3.8, 4) is 28.4 Å². The van der Waals surface area contributed by atoms with E-state index in [1.807, 2.05) is 16.8 Å². The van der Waals surface area contributed by atoms with Gasteiger partial charge in [0, 0.05) is 36.0 Å². The molecule has 33 heavy (non-hydrogen) atoms. The number of nitrogens with one attached hydrogen (secondary N) is 1. The van der Waals surface area contributed by atoms with Gasteiger partial charge in [0.1, 0.15) is 17.1 Å². The number of ether oxygens (including phenoxy) is 1. The van der Waals surface area contributed by atoms with Crippen molar-refractivity contribution in [1.29, 1.82) is 0 Å². The van der Waals surface area contributed by atoms with Gasteiger partial charge >= 0.3 is 6.18 Å². The average Bonchev–Trinajstić information content (AvgIpc) is 3.19. The lowest BCUT2D eigenvalue weighted by Crippen LogP contribution is -2.10. The molecule has 3 aromatic heterocycles. The van der Waals surface area contributed by atoms with Gasteiger partial charge in [-0.15, -0.1) is 0 Å². The third-order valence-electron chi connectivity index (χ3n) is 6.14. The molecule has 0 radical (unpaired) electrons. The summed E-state index contributed by atoms with van der Waals surface area (Å²) in [7, 11) is 0. The van der Waals surface area contributed by atoms with Crippen molar-refractivity contribution >= 4 is 0 Å². The van der Waals surface area contributed by atoms with E-state index in [1.54, 1.807) is 12.4 Å². The summed E-state index contributed by atoms with van der Waals surface area (Å²) in [5.41, 5.74) is 2.66. The van der Waals surface area contributed by atoms with Crippen LogP contribution in [0.3, 0.4) is 0 Å². The smallest absolute Gasteiger partial charge is 0.437 e. The largest absolute Gasteiger partial charge is 0.493 e. The zero-order chi connectivity index (χ0) is 22.6. The predicted octanol–water partition coefficient (Wildman–Crippen LogP) is 4.80. The van der Waals surface area contributed by atoms with Crippen molar-refractivity contribution in [1.82, 2.24) is 29.9 Å². The fourth-order valence-electron chi connectivity index (χ4n) is 4.49. The summed E-state index contributed by atoms with van der Waals surface area (Å²) in [5.74, 6) is 1.82. The highest BCUT2D eigenvalue weighted by molar-refractivity contribution is 5.67. The lowest BCUT2D eigenvalue weighted by molar-refractivity contribution is -0.140. The minimum atomic E-state index is -4.60. The minimum absolute atomic E-state index is 0.225. The number of rotatable bonds is 5. The lowest BCUT2D eigenvalue weighted by Gasteiger charge is -2.13. The molecule has 0 amide bonds. The summed E-state index contributed by atoms with van der Waals surface area (Å²) in [6.07, 6.45) is 2.87. The normalized spacial score (nSPS) is 17.7. The van der Waals surface area contributed by atoms with Gasteiger partial charge in [0.15, 0.2) is 5.69 Å². The maximum Gasteiger partial charge on any atom is 0.437 e. The molecule has 0 unspecified atom stereocenters. The third kappa shape index (κ3) is 3.65. The Hall–Kier alpha value is -3.69. The highest BCUT2D eigenvalue weighted by atomic mass is 19.4. The Labute approximate surface area is 186 Å². The summed E-state index contributed by atoms with van der Waals surface area (Å²) in [6.45, 7) is 1.32. The molecule has 2 aliphatic rings. The standard InChI is InChI=1S/C23H19F3N6O/c24-23(25,26)22-21(29-31-30-22)14-6-7-27-17(8-14)18-10-32(12-28-18)9-15-11-33-19-3-1-2-16(20(15)19)13-4-5-13/h1-3,6-8,10,12-13,15H,4-5,9,11H2,(H,29,30,31)/t15-/m0/s1. The quantitative estimate of drug-likeness (QED) is 0.470. The molecule has 7 nitrogen and oxygen atoms in total. The van der Waals surface area contributed by atoms with Crippen LogP contribution >= 0.6 is 0 Å². The van der Waals surface area contributed by atoms with E-state index >= 15 is 0 Å². The zero-order valence-electron chi connectivity index (χ0n) is 17.4. The number of benzene rings is 1. The Morgan fingerprint density at radius 2 is 1.97 bits per heavy atom. The Kier molecular flexibility index (Phi) is 4.49. The highest BCUT2D eigenvalue weighted by Crippen LogP contribution is 2.48. The van der Waals surface area contributed by atoms with E-state index in [0.29, 0.717) is 30.5 Å². The Balaban J connectivity index is 1.26. The van der Waals surface area contributed by atoms with Crippen LogP contribution < -0.4 is 4.74 Å². The summed E-state index contributed by atoms with van der Waals surface area (Å²) in [4.78, 5) is 8.74. The van der Waals surface area contributed by atoms with Gasteiger partial charge in [0.25, 0.3) is 0 Å². The molecule has 0 spiro atoms. The van der Waals surface area contributed by atoms with Gasteiger partial charge in [-0.2, -0.15) is 28.6 Å². The van der Waals surface area contributed by atoms with E-state index in [4.69, 9.17) is 4.74 Å². The molecule has 0 saturated heterocycles. The van der Waals surface area contributed by atoms with Crippen LogP contribution in [-0.4, -0.2) is 36.6 Å². The number of pyridine rings is 1. The molecule has 10 heteroatoms. The third-order valence-corrected chi connectivity index (χ3v) is 6.14. The first kappa shape index (κ1) is 20.0. The predicted molar refractivity (Wildman–Crippen MR) is 112 cm³/mol. The van der Waals surface area contributed by atoms with Gasteiger partial charge < -0.3 is 9.30 Å². The Bertz CT molecular complexity index is 1320. The molecule has 1 N–H and O–H groups in total. The highest BCUT2D eigenvalue weighted by Gasteiger charge is 2.38. The van der Waals surface area contributed by atoms with Gasteiger partial charge in [0.05, 0.1) is 18.6 Å². The Morgan fingerprint density at radius 3 is 2.79 bits per heavy atom. The van der Waals surface area contributed by atoms with Crippen LogP contribution in [0.15, 0.2) is 49.1 Å². The van der Waals surface area contributed by atoms with Gasteiger partial charge in [-0.1, -0.05) is 12.1 Å². The number of H-pyrrole nitrogens is 1. The number of hydrogen-bond donors (Lipinski definition) is 1. The number of hydrogen-bond acceptors (Lipinski definition) is 5. The molecular formula is C23H19F3N6O. The van der Waals surface area contributed by atoms with Crippen molar-refractivity contribution in [3.05, 3.63) is 65.9 Å². The molecule has 1 saturated carbocycles. The minimum Gasteiger partial charge on any atom is -0.493 e. The van der Waals surface area contributed by atoms with E-state index in [2.05, 4.69) is 37.5 Å². The van der Waals surface area contributed by atoms with Gasteiger partial charge in [0.2, 0.25) is 0 Å². The number of imidazole rings is 1. The number of halogens is 3. The summed E-state index contributed by atoms with van der Waals surface area (Å²) in [5, 5.41) is 9.00. The first-order chi connectivity index (χ1) is 16.0. The van der Waals surface area contributed by atoms with Crippen molar-refractivity contribution in [2.24, 2.45) is 0 Å². The maximum absolute atomic E-state index is 13.2. The van der Waals surface area contributed by atoms with Crippen molar-refractivity contribution in [2.75, 3.05) is 6.61 Å². The average molecular weight is 452 g/mol. The van der Waals surface area contributed by atoms with Crippen LogP contribution in [0.25, 0.3) is 22.6 Å². The summed E-state index contributed by atoms with van der Waals surface area (Å²) < 4.78 is 47.5. The zero-order valence-corrected chi connectivity index (χ0v) is 17.4. The summed E-state index contributed by atoms with van der Waals surface area (Å²) in [6, 6.07) is 9.29. The Morgan fingerprint density at radius 1 is 1.09 bits per heavy atom. The van der Waals surface area contributed by atoms with E-state index < -0.39 is 11.9 Å². The molecule has 4 aromatic rings. The maximum atomic E-state index is 13.2. The molecule has 6 rings (SSSR count). The topological polar surface area (TPSA) is 81.5 Å². The SMILES string of the molecule is FC(F)(F)c1n[nH]nc1-c1ccnc(-c2cn(C[C@H]3COc4cccc(C5CC5)c43)cn2)c1. The number of aromatic amines is 1. The van der Waals surface area contributed by atoms with Gasteiger partial charge in [-0.3, -0.25) is 4.98 Å². The van der Waals surface area contributed by atoms with E-state index in [-0.39, 0.29) is 17.2 Å². The van der Waals surface area contributed by atoms with Gasteiger partial charge in [-0.05, 0) is 42.5 Å². The second kappa shape index (κ2) is 7.43. The monoisotopic (exact) mass is 452 g/mol. The van der Waals surface area contributed by atoms with E-state index in [1.165, 1.54) is 36.2 Å². The van der Waals surface area contributed by atoms with Crippen LogP contribution in [0.1, 0.15) is 41.5 Å². The molecule has 1 aromatic carbocycles. The molecule has 0 bridgehead atoms. The molecule has 1 aliphatic heterocycles. The number of aromatic nitrogens is 6. The second-order valence-corrected chi connectivity index (χ2v) is 8.45. The van der Waals surface area contributed by atoms with Crippen LogP contribution in [0, 0.1) is 0 Å². The molecule has 1 fully saturated rings. The molecular weight excluding hydrogens is 433 g/mol. The fraction of sp³-hybridized carbons (Fsp3) is 0.304. The van der Waals surface area contributed by atoms with Crippen molar-refractivity contribution in [2.45, 2.75) is 37.4 Å². The number of nitrogens with zero attached hydrogens (tertiary/aromatic N) is 5. The fourth-order valence-corrected chi connectivity index (χ4v) is 4.49. The number of fused-ring (bicyclic) bond motifs is 1. The first-order valence-electron chi connectivity index (χ1n) is 10.7. The second-order valence-electron chi connectivity index (χ2n) is 8.45. The summed E-state index contributed by atoms with van der Waals surface area (Å²) >= 11 is 0. The van der Waals surface area contributed by atoms with Crippen LogP contribution in [0.2, 0.25) is 0 Å². The van der Waals surface area contributed by atoms with Crippen LogP contribution in [-0.2, 0) is 12.7 Å². The first-order valence-corrected chi connectivity index (χ1v) is 10.7. The van der Waals surface area contributed by atoms with E-state index in [9.17, 15) is 13.2 Å². The molecule has 168 valence electrons. The van der Waals surface area contributed by atoms with Crippen molar-refractivity contribution in [3.63, 3.8) is 0 Å². The van der Waals surface area contributed by atoms with Crippen LogP contribution in [0.4, 0.5) is 13.2 Å². The number of alkyl halides is 3. The van der Waals surface area contributed by atoms with Gasteiger partial charge in [-0.25, -0.2) is 4.98 Å². The van der Waals surface area contributed by atoms with Crippen LogP contribution in [0.5, 0.6) is 5.75 Å². The van der Waals surface area contributed by atoms with Crippen molar-refractivity contribution < 1.29 is 17.9 Å². The molecule has 4 heterocycles. The molecule has 1 aliphatic carbocycles. The lowest BCUT2D eigenvalue weighted by atomic mass is 9.93. The van der Waals surface area contributed by atoms with E-state index in [0.717, 1.165) is 5.75 Å².